The number of methoxy groups -OCH3 is 2. The van der Waals surface area contributed by atoms with Crippen LogP contribution in [0.2, 0.25) is 0 Å². The quantitative estimate of drug-likeness (QED) is 0.389. The van der Waals surface area contributed by atoms with E-state index in [0.29, 0.717) is 24.6 Å². The van der Waals surface area contributed by atoms with E-state index < -0.39 is 0 Å². The van der Waals surface area contributed by atoms with Crippen LogP contribution in [-0.4, -0.2) is 27.2 Å². The van der Waals surface area contributed by atoms with Gasteiger partial charge in [0.15, 0.2) is 5.96 Å². The van der Waals surface area contributed by atoms with E-state index in [1.165, 1.54) is 0 Å². The van der Waals surface area contributed by atoms with Gasteiger partial charge < -0.3 is 20.1 Å². The zero-order valence-corrected chi connectivity index (χ0v) is 17.4. The van der Waals surface area contributed by atoms with Gasteiger partial charge in [-0.25, -0.2) is 0 Å². The van der Waals surface area contributed by atoms with Crippen molar-refractivity contribution >= 4 is 29.9 Å². The summed E-state index contributed by atoms with van der Waals surface area (Å²) in [6.45, 7) is 1.19. The van der Waals surface area contributed by atoms with Crippen molar-refractivity contribution in [3.8, 4) is 17.6 Å². The number of nitriles is 1. The first kappa shape index (κ1) is 21.6. The molecule has 0 unspecified atom stereocenters. The normalized spacial score (nSPS) is 10.3. The van der Waals surface area contributed by atoms with Crippen LogP contribution in [0.4, 0.5) is 0 Å². The second kappa shape index (κ2) is 11.2. The summed E-state index contributed by atoms with van der Waals surface area (Å²) >= 11 is 0. The molecule has 0 amide bonds. The van der Waals surface area contributed by atoms with Crippen LogP contribution in [0.25, 0.3) is 0 Å². The molecule has 2 N–H and O–H groups in total. The Morgan fingerprint density at radius 2 is 1.73 bits per heavy atom. The molecule has 0 spiro atoms. The van der Waals surface area contributed by atoms with Crippen LogP contribution in [0.15, 0.2) is 47.5 Å². The Labute approximate surface area is 171 Å². The Bertz CT molecular complexity index is 770. The number of ether oxygens (including phenoxy) is 2. The fourth-order valence-corrected chi connectivity index (χ4v) is 2.28. The van der Waals surface area contributed by atoms with Crippen LogP contribution in [0, 0.1) is 11.3 Å². The van der Waals surface area contributed by atoms with Crippen molar-refractivity contribution in [3.05, 3.63) is 59.2 Å². The molecule has 0 saturated heterocycles. The van der Waals surface area contributed by atoms with E-state index in [9.17, 15) is 0 Å². The first-order chi connectivity index (χ1) is 12.2. The van der Waals surface area contributed by atoms with E-state index in [-0.39, 0.29) is 24.0 Å². The molecule has 0 saturated carbocycles. The molecule has 0 atom stereocenters. The summed E-state index contributed by atoms with van der Waals surface area (Å²) in [5.74, 6) is 2.19. The van der Waals surface area contributed by atoms with Gasteiger partial charge in [-0.05, 0) is 29.8 Å². The van der Waals surface area contributed by atoms with Gasteiger partial charge >= 0.3 is 0 Å². The van der Waals surface area contributed by atoms with Gasteiger partial charge in [-0.2, -0.15) is 5.26 Å². The van der Waals surface area contributed by atoms with Crippen LogP contribution < -0.4 is 20.1 Å². The molecule has 6 nitrogen and oxygen atoms in total. The van der Waals surface area contributed by atoms with Gasteiger partial charge in [-0.3, -0.25) is 4.99 Å². The Morgan fingerprint density at radius 1 is 1.04 bits per heavy atom. The average Bonchev–Trinajstić information content (AvgIpc) is 2.68. The number of halogens is 1. The zero-order valence-electron chi connectivity index (χ0n) is 15.1. The van der Waals surface area contributed by atoms with Gasteiger partial charge in [0.25, 0.3) is 0 Å². The standard InChI is InChI=1S/C19H22N4O2.HI/c1-21-19(22-12-15-6-4-14(11-20)5-7-15)23-13-16-8-9-17(24-2)10-18(16)25-3;/h4-10H,12-13H2,1-3H3,(H2,21,22,23);1H. The molecular formula is C19H23IN4O2. The molecule has 7 heteroatoms. The summed E-state index contributed by atoms with van der Waals surface area (Å²) in [6, 6.07) is 15.3. The van der Waals surface area contributed by atoms with Crippen molar-refractivity contribution in [2.45, 2.75) is 13.1 Å². The van der Waals surface area contributed by atoms with Crippen LogP contribution in [0.3, 0.4) is 0 Å². The highest BCUT2D eigenvalue weighted by Gasteiger charge is 2.06. The molecule has 0 heterocycles. The lowest BCUT2D eigenvalue weighted by Crippen LogP contribution is -2.36. The van der Waals surface area contributed by atoms with Gasteiger partial charge in [0.2, 0.25) is 0 Å². The fourth-order valence-electron chi connectivity index (χ4n) is 2.28. The molecule has 26 heavy (non-hydrogen) atoms. The molecule has 0 aliphatic heterocycles. The summed E-state index contributed by atoms with van der Waals surface area (Å²) < 4.78 is 10.6. The van der Waals surface area contributed by atoms with Crippen molar-refractivity contribution in [2.75, 3.05) is 21.3 Å². The highest BCUT2D eigenvalue weighted by Crippen LogP contribution is 2.24. The molecule has 2 aromatic carbocycles. The number of nitrogens with one attached hydrogen (secondary N) is 2. The van der Waals surface area contributed by atoms with E-state index in [1.54, 1.807) is 33.4 Å². The minimum absolute atomic E-state index is 0. The van der Waals surface area contributed by atoms with Gasteiger partial charge in [-0.1, -0.05) is 12.1 Å². The largest absolute Gasteiger partial charge is 0.497 e. The van der Waals surface area contributed by atoms with Crippen molar-refractivity contribution in [1.29, 1.82) is 5.26 Å². The Balaban J connectivity index is 0.00000338. The number of rotatable bonds is 6. The minimum Gasteiger partial charge on any atom is -0.497 e. The van der Waals surface area contributed by atoms with E-state index in [0.717, 1.165) is 22.6 Å². The Morgan fingerprint density at radius 3 is 2.31 bits per heavy atom. The zero-order chi connectivity index (χ0) is 18.1. The molecule has 0 fully saturated rings. The first-order valence-electron chi connectivity index (χ1n) is 7.84. The molecular weight excluding hydrogens is 443 g/mol. The Hall–Kier alpha value is -2.47. The fraction of sp³-hybridized carbons (Fsp3) is 0.263. The maximum atomic E-state index is 8.83. The number of hydrogen-bond acceptors (Lipinski definition) is 4. The molecule has 138 valence electrons. The molecule has 0 aromatic heterocycles. The topological polar surface area (TPSA) is 78.7 Å². The summed E-state index contributed by atoms with van der Waals surface area (Å²) in [7, 11) is 4.98. The highest BCUT2D eigenvalue weighted by molar-refractivity contribution is 14.0. The summed E-state index contributed by atoms with van der Waals surface area (Å²) in [5.41, 5.74) is 2.73. The summed E-state index contributed by atoms with van der Waals surface area (Å²) in [4.78, 5) is 4.22. The lowest BCUT2D eigenvalue weighted by molar-refractivity contribution is 0.390. The molecule has 2 rings (SSSR count). The van der Waals surface area contributed by atoms with Gasteiger partial charge in [0.1, 0.15) is 11.5 Å². The molecule has 2 aromatic rings. The number of benzene rings is 2. The third kappa shape index (κ3) is 6.11. The molecule has 0 radical (unpaired) electrons. The summed E-state index contributed by atoms with van der Waals surface area (Å²) in [5, 5.41) is 15.3. The van der Waals surface area contributed by atoms with E-state index >= 15 is 0 Å². The number of nitrogens with zero attached hydrogens (tertiary/aromatic N) is 2. The van der Waals surface area contributed by atoms with Gasteiger partial charge in [0, 0.05) is 31.8 Å². The monoisotopic (exact) mass is 466 g/mol. The van der Waals surface area contributed by atoms with Gasteiger partial charge in [-0.15, -0.1) is 24.0 Å². The van der Waals surface area contributed by atoms with Crippen molar-refractivity contribution < 1.29 is 9.47 Å². The smallest absolute Gasteiger partial charge is 0.191 e. The maximum absolute atomic E-state index is 8.83. The highest BCUT2D eigenvalue weighted by atomic mass is 127. The van der Waals surface area contributed by atoms with Crippen LogP contribution in [0.1, 0.15) is 16.7 Å². The number of guanidine groups is 1. The third-order valence-corrected chi connectivity index (χ3v) is 3.71. The van der Waals surface area contributed by atoms with E-state index in [4.69, 9.17) is 14.7 Å². The second-order valence-corrected chi connectivity index (χ2v) is 5.27. The van der Waals surface area contributed by atoms with Crippen molar-refractivity contribution in [3.63, 3.8) is 0 Å². The minimum atomic E-state index is 0. The van der Waals surface area contributed by atoms with Crippen LogP contribution >= 0.6 is 24.0 Å². The second-order valence-electron chi connectivity index (χ2n) is 5.27. The lowest BCUT2D eigenvalue weighted by atomic mass is 10.1. The van der Waals surface area contributed by atoms with Crippen molar-refractivity contribution in [1.82, 2.24) is 10.6 Å². The summed E-state index contributed by atoms with van der Waals surface area (Å²) in [6.07, 6.45) is 0. The molecule has 0 aliphatic carbocycles. The lowest BCUT2D eigenvalue weighted by Gasteiger charge is -2.14. The van der Waals surface area contributed by atoms with E-state index in [2.05, 4.69) is 21.7 Å². The SMILES string of the molecule is CN=C(NCc1ccc(C#N)cc1)NCc1ccc(OC)cc1OC.I. The van der Waals surface area contributed by atoms with Crippen molar-refractivity contribution in [2.24, 2.45) is 4.99 Å². The third-order valence-electron chi connectivity index (χ3n) is 3.71. The number of hydrogen-bond donors (Lipinski definition) is 2. The molecule has 0 bridgehead atoms. The van der Waals surface area contributed by atoms with Crippen LogP contribution in [0.5, 0.6) is 11.5 Å². The Kier molecular flexibility index (Phi) is 9.30. The van der Waals surface area contributed by atoms with Crippen LogP contribution in [-0.2, 0) is 13.1 Å². The maximum Gasteiger partial charge on any atom is 0.191 e. The molecule has 0 aliphatic rings. The number of aliphatic imine (C=N–C) groups is 1. The average molecular weight is 466 g/mol. The first-order valence-corrected chi connectivity index (χ1v) is 7.84. The van der Waals surface area contributed by atoms with Gasteiger partial charge in [0.05, 0.1) is 25.9 Å². The van der Waals surface area contributed by atoms with E-state index in [1.807, 2.05) is 30.3 Å². The predicted octanol–water partition coefficient (Wildman–Crippen LogP) is 3.06. The predicted molar refractivity (Wildman–Crippen MR) is 113 cm³/mol.